The molecule has 5 N–H and O–H groups in total. The number of carbonyl (C=O) groups is 3. The van der Waals surface area contributed by atoms with E-state index in [1.165, 1.54) is 6.92 Å². The molecule has 0 bridgehead atoms. The Kier molecular flexibility index (Phi) is 2.83. The van der Waals surface area contributed by atoms with Crippen molar-refractivity contribution in [1.29, 1.82) is 0 Å². The smallest absolute Gasteiger partial charge is 0.325 e. The van der Waals surface area contributed by atoms with E-state index in [1.54, 1.807) is 4.90 Å². The molecule has 1 unspecified atom stereocenters. The highest BCUT2D eigenvalue weighted by Crippen LogP contribution is 2.58. The minimum absolute atomic E-state index is 0.0758. The van der Waals surface area contributed by atoms with Gasteiger partial charge in [-0.15, -0.1) is 0 Å². The number of likely N-dealkylation sites (N-methyl/N-ethyl adjacent to an activating group) is 1. The van der Waals surface area contributed by atoms with Crippen LogP contribution in [0.15, 0.2) is 22.5 Å². The number of fused-ring (bicyclic) bond motifs is 4. The number of hydrogen-bond donors (Lipinski definition) is 3. The van der Waals surface area contributed by atoms with Crippen molar-refractivity contribution in [3.63, 3.8) is 0 Å². The highest BCUT2D eigenvalue weighted by atomic mass is 16.7. The molecule has 2 fully saturated rings. The number of nitrogens with two attached hydrogens (primary N) is 2. The molecule has 0 spiro atoms. The second-order valence-electron chi connectivity index (χ2n) is 6.78. The fourth-order valence-electron chi connectivity index (χ4n) is 4.49. The number of rotatable bonds is 2. The Labute approximate surface area is 137 Å². The zero-order valence-electron chi connectivity index (χ0n) is 13.3. The van der Waals surface area contributed by atoms with E-state index in [0.29, 0.717) is 6.54 Å². The van der Waals surface area contributed by atoms with Gasteiger partial charge in [0.05, 0.1) is 29.8 Å². The summed E-state index contributed by atoms with van der Waals surface area (Å²) >= 11 is 0. The van der Waals surface area contributed by atoms with Gasteiger partial charge in [0.2, 0.25) is 11.6 Å². The zero-order valence-corrected chi connectivity index (χ0v) is 13.3. The number of nitrogens with zero attached hydrogens (tertiary/aromatic N) is 2. The standard InChI is InChI=1S/C15H18N4O5/c1-5-10(16)13(22)9-6(3-8(20)24-17)15(23)14-7(18(14)2)4-19(15)11(9)12(5)21/h6-7,14,23H,3-4,16-17H2,1-2H3/t6-,7+,14+,15-,18?/m1/s1. The fourth-order valence-corrected chi connectivity index (χ4v) is 4.49. The monoisotopic (exact) mass is 334 g/mol. The average molecular weight is 334 g/mol. The molecule has 0 aromatic carbocycles. The molecule has 128 valence electrons. The van der Waals surface area contributed by atoms with Crippen LogP contribution in [0, 0.1) is 5.92 Å². The second kappa shape index (κ2) is 4.44. The zero-order chi connectivity index (χ0) is 17.5. The van der Waals surface area contributed by atoms with Crippen molar-refractivity contribution < 1.29 is 24.3 Å². The van der Waals surface area contributed by atoms with Crippen LogP contribution in [0.4, 0.5) is 0 Å². The van der Waals surface area contributed by atoms with Crippen LogP contribution in [-0.4, -0.2) is 63.8 Å². The maximum atomic E-state index is 12.7. The van der Waals surface area contributed by atoms with E-state index in [-0.39, 0.29) is 46.8 Å². The highest BCUT2D eigenvalue weighted by molar-refractivity contribution is 6.25. The first-order chi connectivity index (χ1) is 11.2. The van der Waals surface area contributed by atoms with E-state index >= 15 is 0 Å². The lowest BCUT2D eigenvalue weighted by atomic mass is 9.80. The van der Waals surface area contributed by atoms with E-state index in [4.69, 9.17) is 11.6 Å². The number of Topliss-reactive ketones (excluding diaryl/α,β-unsaturated/α-hetero) is 2. The second-order valence-corrected chi connectivity index (χ2v) is 6.78. The number of ketones is 2. The summed E-state index contributed by atoms with van der Waals surface area (Å²) in [7, 11) is 1.85. The molecule has 0 aromatic rings. The van der Waals surface area contributed by atoms with E-state index < -0.39 is 23.4 Å². The van der Waals surface area contributed by atoms with Gasteiger partial charge in [0.1, 0.15) is 0 Å². The van der Waals surface area contributed by atoms with E-state index in [2.05, 4.69) is 4.84 Å². The first kappa shape index (κ1) is 15.3. The molecule has 1 aliphatic carbocycles. The summed E-state index contributed by atoms with van der Waals surface area (Å²) in [6.07, 6.45) is -0.301. The summed E-state index contributed by atoms with van der Waals surface area (Å²) in [4.78, 5) is 44.9. The van der Waals surface area contributed by atoms with Crippen LogP contribution in [0.25, 0.3) is 0 Å². The molecule has 3 aliphatic heterocycles. The lowest BCUT2D eigenvalue weighted by Gasteiger charge is -2.37. The minimum atomic E-state index is -1.52. The van der Waals surface area contributed by atoms with Gasteiger partial charge in [0, 0.05) is 23.7 Å². The summed E-state index contributed by atoms with van der Waals surface area (Å²) in [5.41, 5.74) is 4.53. The number of allylic oxidation sites excluding steroid dienone is 2. The van der Waals surface area contributed by atoms with Crippen LogP contribution < -0.4 is 11.6 Å². The lowest BCUT2D eigenvalue weighted by Crippen LogP contribution is -2.53. The van der Waals surface area contributed by atoms with Gasteiger partial charge in [0.25, 0.3) is 0 Å². The number of carbonyl (C=O) groups excluding carboxylic acids is 3. The summed E-state index contributed by atoms with van der Waals surface area (Å²) in [5, 5.41) is 11.4. The molecule has 5 atom stereocenters. The van der Waals surface area contributed by atoms with Crippen LogP contribution in [0.3, 0.4) is 0 Å². The van der Waals surface area contributed by atoms with E-state index in [9.17, 15) is 19.5 Å². The van der Waals surface area contributed by atoms with E-state index in [1.807, 2.05) is 11.9 Å². The third-order valence-corrected chi connectivity index (χ3v) is 5.81. The normalized spacial score (nSPS) is 39.9. The molecule has 24 heavy (non-hydrogen) atoms. The van der Waals surface area contributed by atoms with Crippen molar-refractivity contribution in [1.82, 2.24) is 9.80 Å². The Morgan fingerprint density at radius 2 is 2.08 bits per heavy atom. The van der Waals surface area contributed by atoms with Crippen LogP contribution in [-0.2, 0) is 19.2 Å². The van der Waals surface area contributed by atoms with Crippen LogP contribution in [0.5, 0.6) is 0 Å². The quantitative estimate of drug-likeness (QED) is 0.290. The van der Waals surface area contributed by atoms with Crippen molar-refractivity contribution in [3.05, 3.63) is 22.5 Å². The summed E-state index contributed by atoms with van der Waals surface area (Å²) in [6.45, 7) is 1.90. The first-order valence-corrected chi connectivity index (χ1v) is 7.66. The molecule has 9 nitrogen and oxygen atoms in total. The van der Waals surface area contributed by atoms with Crippen LogP contribution >= 0.6 is 0 Å². The minimum Gasteiger partial charge on any atom is -0.395 e. The van der Waals surface area contributed by atoms with Gasteiger partial charge < -0.3 is 20.6 Å². The van der Waals surface area contributed by atoms with Crippen molar-refractivity contribution in [2.45, 2.75) is 31.2 Å². The van der Waals surface area contributed by atoms with Crippen molar-refractivity contribution >= 4 is 17.5 Å². The number of hydrogen-bond acceptors (Lipinski definition) is 9. The Bertz CT molecular complexity index is 772. The molecule has 0 amide bonds. The van der Waals surface area contributed by atoms with Gasteiger partial charge in [-0.2, -0.15) is 5.90 Å². The Morgan fingerprint density at radius 1 is 1.42 bits per heavy atom. The summed E-state index contributed by atoms with van der Waals surface area (Å²) < 4.78 is 0. The Morgan fingerprint density at radius 3 is 2.71 bits per heavy atom. The summed E-state index contributed by atoms with van der Waals surface area (Å²) in [6, 6.07) is -0.187. The van der Waals surface area contributed by atoms with Crippen molar-refractivity contribution in [2.24, 2.45) is 17.5 Å². The molecular weight excluding hydrogens is 316 g/mol. The summed E-state index contributed by atoms with van der Waals surface area (Å²) in [5.74, 6) is 2.35. The molecule has 3 heterocycles. The molecule has 2 saturated heterocycles. The predicted octanol–water partition coefficient (Wildman–Crippen LogP) is -2.25. The van der Waals surface area contributed by atoms with Crippen LogP contribution in [0.2, 0.25) is 0 Å². The van der Waals surface area contributed by atoms with Gasteiger partial charge in [-0.1, -0.05) is 0 Å². The SMILES string of the molecule is CC1=C(N)C(=O)C2=C(C1=O)N1C[C@H]3[C@H](N3C)[C@]1(O)[C@@H]2CC(=O)ON. The van der Waals surface area contributed by atoms with Gasteiger partial charge in [-0.3, -0.25) is 19.3 Å². The Balaban J connectivity index is 1.86. The topological polar surface area (TPSA) is 139 Å². The Hall–Kier alpha value is -2.23. The van der Waals surface area contributed by atoms with Gasteiger partial charge in [0.15, 0.2) is 5.72 Å². The van der Waals surface area contributed by atoms with Gasteiger partial charge in [-0.05, 0) is 14.0 Å². The van der Waals surface area contributed by atoms with Crippen molar-refractivity contribution in [2.75, 3.05) is 13.6 Å². The van der Waals surface area contributed by atoms with Crippen LogP contribution in [0.1, 0.15) is 13.3 Å². The largest absolute Gasteiger partial charge is 0.395 e. The number of aliphatic hydroxyl groups is 1. The van der Waals surface area contributed by atoms with Gasteiger partial charge in [-0.25, -0.2) is 0 Å². The van der Waals surface area contributed by atoms with Crippen molar-refractivity contribution in [3.8, 4) is 0 Å². The lowest BCUT2D eigenvalue weighted by molar-refractivity contribution is -0.152. The maximum Gasteiger partial charge on any atom is 0.325 e. The average Bonchev–Trinajstić information content (AvgIpc) is 2.97. The molecule has 9 heteroatoms. The number of piperazine rings is 1. The third kappa shape index (κ3) is 1.52. The molecule has 4 aliphatic rings. The maximum absolute atomic E-state index is 12.7. The molecular formula is C15H18N4O5. The fraction of sp³-hybridized carbons (Fsp3) is 0.533. The molecule has 0 saturated carbocycles. The highest BCUT2D eigenvalue weighted by Gasteiger charge is 2.74. The molecule has 4 rings (SSSR count). The third-order valence-electron chi connectivity index (χ3n) is 5.81. The predicted molar refractivity (Wildman–Crippen MR) is 79.3 cm³/mol. The first-order valence-electron chi connectivity index (χ1n) is 7.66. The van der Waals surface area contributed by atoms with E-state index in [0.717, 1.165) is 0 Å². The molecule has 0 radical (unpaired) electrons. The van der Waals surface area contributed by atoms with Gasteiger partial charge >= 0.3 is 5.97 Å². The molecule has 0 aromatic heterocycles.